The summed E-state index contributed by atoms with van der Waals surface area (Å²) in [4.78, 5) is 25.6. The van der Waals surface area contributed by atoms with Crippen LogP contribution in [0.4, 0.5) is 11.6 Å². The quantitative estimate of drug-likeness (QED) is 0.457. The van der Waals surface area contributed by atoms with Gasteiger partial charge in [-0.15, -0.1) is 0 Å². The van der Waals surface area contributed by atoms with Gasteiger partial charge in [0, 0.05) is 18.3 Å². The minimum absolute atomic E-state index is 0.0884. The second kappa shape index (κ2) is 5.65. The van der Waals surface area contributed by atoms with Crippen LogP contribution < -0.4 is 5.32 Å². The molecule has 19 heavy (non-hydrogen) atoms. The third kappa shape index (κ3) is 2.99. The van der Waals surface area contributed by atoms with Crippen LogP contribution in [0.5, 0.6) is 0 Å². The Labute approximate surface area is 111 Å². The Morgan fingerprint density at radius 2 is 2.37 bits per heavy atom. The lowest BCUT2D eigenvalue weighted by Gasteiger charge is -2.02. The number of aliphatic carboxylic acids is 1. The zero-order valence-corrected chi connectivity index (χ0v) is 10.7. The van der Waals surface area contributed by atoms with Gasteiger partial charge in [-0.1, -0.05) is 11.3 Å². The maximum absolute atomic E-state index is 11.0. The van der Waals surface area contributed by atoms with Crippen LogP contribution in [0.2, 0.25) is 0 Å². The second-order valence-electron chi connectivity index (χ2n) is 3.87. The summed E-state index contributed by atoms with van der Waals surface area (Å²) in [6.07, 6.45) is 2.84. The number of hydrogen-bond acceptors (Lipinski definition) is 6. The number of carboxylic acids is 1. The molecule has 0 spiro atoms. The Balaban J connectivity index is 2.00. The van der Waals surface area contributed by atoms with Gasteiger partial charge in [-0.3, -0.25) is 4.79 Å². The van der Waals surface area contributed by atoms with Gasteiger partial charge in [0.2, 0.25) is 5.82 Å². The number of aromatic nitrogens is 2. The highest BCUT2D eigenvalue weighted by Crippen LogP contribution is 2.27. The molecule has 0 saturated carbocycles. The normalized spacial score (nSPS) is 10.7. The first kappa shape index (κ1) is 13.3. The van der Waals surface area contributed by atoms with Crippen molar-refractivity contribution in [1.29, 1.82) is 0 Å². The van der Waals surface area contributed by atoms with Crippen LogP contribution >= 0.6 is 11.3 Å². The van der Waals surface area contributed by atoms with Crippen molar-refractivity contribution in [2.24, 2.45) is 0 Å². The molecule has 2 aromatic heterocycles. The van der Waals surface area contributed by atoms with Crippen LogP contribution in [-0.2, 0) is 4.79 Å². The molecule has 0 bridgehead atoms. The highest BCUT2D eigenvalue weighted by molar-refractivity contribution is 7.15. The van der Waals surface area contributed by atoms with E-state index in [0.29, 0.717) is 24.3 Å². The average molecular weight is 284 g/mol. The molecule has 0 saturated heterocycles. The van der Waals surface area contributed by atoms with Crippen molar-refractivity contribution >= 4 is 33.9 Å². The lowest BCUT2D eigenvalue weighted by molar-refractivity contribution is -0.389. The van der Waals surface area contributed by atoms with E-state index in [-0.39, 0.29) is 18.1 Å². The molecule has 2 rings (SSSR count). The van der Waals surface area contributed by atoms with E-state index in [4.69, 9.17) is 5.11 Å². The molecule has 102 valence electrons. The SMILES string of the molecule is O=C(O)CCCCNc1nc2sccn2c1[N+](=O)[O-]. The number of nitrogens with zero attached hydrogens (tertiary/aromatic N) is 3. The molecule has 8 nitrogen and oxygen atoms in total. The molecule has 9 heteroatoms. The number of hydrogen-bond donors (Lipinski definition) is 2. The van der Waals surface area contributed by atoms with Gasteiger partial charge >= 0.3 is 11.8 Å². The number of thiazole rings is 1. The lowest BCUT2D eigenvalue weighted by atomic mass is 10.2. The van der Waals surface area contributed by atoms with Crippen molar-refractivity contribution in [3.05, 3.63) is 21.7 Å². The first-order chi connectivity index (χ1) is 9.09. The summed E-state index contributed by atoms with van der Waals surface area (Å²) >= 11 is 1.32. The van der Waals surface area contributed by atoms with Crippen molar-refractivity contribution in [3.63, 3.8) is 0 Å². The van der Waals surface area contributed by atoms with Gasteiger partial charge in [0.05, 0.1) is 0 Å². The molecule has 0 amide bonds. The Kier molecular flexibility index (Phi) is 3.95. The van der Waals surface area contributed by atoms with E-state index < -0.39 is 10.9 Å². The topological polar surface area (TPSA) is 110 Å². The molecular formula is C10H12N4O4S. The fraction of sp³-hybridized carbons (Fsp3) is 0.400. The third-order valence-corrected chi connectivity index (χ3v) is 3.28. The first-order valence-corrected chi connectivity index (χ1v) is 6.53. The molecule has 2 N–H and O–H groups in total. The van der Waals surface area contributed by atoms with E-state index in [1.807, 2.05) is 0 Å². The summed E-state index contributed by atoms with van der Waals surface area (Å²) in [5.41, 5.74) is 0. The number of carbonyl (C=O) groups is 1. The Morgan fingerprint density at radius 1 is 1.58 bits per heavy atom. The summed E-state index contributed by atoms with van der Waals surface area (Å²) in [6, 6.07) is 0. The van der Waals surface area contributed by atoms with Crippen molar-refractivity contribution < 1.29 is 14.8 Å². The van der Waals surface area contributed by atoms with Gasteiger partial charge in [-0.2, -0.15) is 9.38 Å². The molecule has 0 unspecified atom stereocenters. The summed E-state index contributed by atoms with van der Waals surface area (Å²) < 4.78 is 1.42. The van der Waals surface area contributed by atoms with Gasteiger partial charge in [0.1, 0.15) is 6.20 Å². The summed E-state index contributed by atoms with van der Waals surface area (Å²) in [5.74, 6) is -0.699. The van der Waals surface area contributed by atoms with Gasteiger partial charge < -0.3 is 20.5 Å². The molecule has 0 aliphatic heterocycles. The zero-order chi connectivity index (χ0) is 13.8. The monoisotopic (exact) mass is 284 g/mol. The van der Waals surface area contributed by atoms with Gasteiger partial charge in [-0.05, 0) is 17.8 Å². The molecule has 0 fully saturated rings. The van der Waals surface area contributed by atoms with Crippen molar-refractivity contribution in [3.8, 4) is 0 Å². The smallest absolute Gasteiger partial charge is 0.372 e. The molecule has 0 aliphatic rings. The summed E-state index contributed by atoms with van der Waals surface area (Å²) in [6.45, 7) is 0.457. The number of rotatable bonds is 7. The maximum Gasteiger partial charge on any atom is 0.372 e. The molecule has 2 heterocycles. The highest BCUT2D eigenvalue weighted by atomic mass is 32.1. The first-order valence-electron chi connectivity index (χ1n) is 5.65. The van der Waals surface area contributed by atoms with Gasteiger partial charge in [-0.25, -0.2) is 0 Å². The highest BCUT2D eigenvalue weighted by Gasteiger charge is 2.22. The predicted octanol–water partition coefficient (Wildman–Crippen LogP) is 1.97. The molecule has 0 radical (unpaired) electrons. The van der Waals surface area contributed by atoms with Crippen LogP contribution in [0, 0.1) is 10.1 Å². The Morgan fingerprint density at radius 3 is 3.05 bits per heavy atom. The second-order valence-corrected chi connectivity index (χ2v) is 4.75. The number of carboxylic acid groups (broad SMARTS) is 1. The Hall–Kier alpha value is -2.16. The van der Waals surface area contributed by atoms with Crippen LogP contribution in [0.3, 0.4) is 0 Å². The van der Waals surface area contributed by atoms with E-state index in [2.05, 4.69) is 10.3 Å². The van der Waals surface area contributed by atoms with Crippen LogP contribution in [-0.4, -0.2) is 31.9 Å². The number of unbranched alkanes of at least 4 members (excludes halogenated alkanes) is 1. The van der Waals surface area contributed by atoms with E-state index in [1.165, 1.54) is 15.7 Å². The van der Waals surface area contributed by atoms with E-state index >= 15 is 0 Å². The van der Waals surface area contributed by atoms with Crippen LogP contribution in [0.15, 0.2) is 11.6 Å². The van der Waals surface area contributed by atoms with E-state index in [9.17, 15) is 14.9 Å². The number of anilines is 1. The number of nitrogens with one attached hydrogen (secondary N) is 1. The number of imidazole rings is 1. The zero-order valence-electron chi connectivity index (χ0n) is 9.90. The van der Waals surface area contributed by atoms with E-state index in [1.54, 1.807) is 11.6 Å². The number of nitro groups is 1. The molecule has 0 atom stereocenters. The fourth-order valence-corrected chi connectivity index (χ4v) is 2.38. The minimum Gasteiger partial charge on any atom is -0.481 e. The van der Waals surface area contributed by atoms with Crippen molar-refractivity contribution in [1.82, 2.24) is 9.38 Å². The fourth-order valence-electron chi connectivity index (χ4n) is 1.67. The maximum atomic E-state index is 11.0. The van der Waals surface area contributed by atoms with Crippen molar-refractivity contribution in [2.45, 2.75) is 19.3 Å². The van der Waals surface area contributed by atoms with Gasteiger partial charge in [0.15, 0.2) is 0 Å². The van der Waals surface area contributed by atoms with E-state index in [0.717, 1.165) is 0 Å². The molecule has 0 aliphatic carbocycles. The summed E-state index contributed by atoms with van der Waals surface area (Å²) in [5, 5.41) is 24.1. The minimum atomic E-state index is -0.839. The predicted molar refractivity (Wildman–Crippen MR) is 69.7 cm³/mol. The largest absolute Gasteiger partial charge is 0.481 e. The molecular weight excluding hydrogens is 272 g/mol. The molecule has 2 aromatic rings. The average Bonchev–Trinajstić information content (AvgIpc) is 2.86. The van der Waals surface area contributed by atoms with Crippen LogP contribution in [0.25, 0.3) is 4.96 Å². The number of fused-ring (bicyclic) bond motifs is 1. The third-order valence-electron chi connectivity index (χ3n) is 2.52. The van der Waals surface area contributed by atoms with Crippen LogP contribution in [0.1, 0.15) is 19.3 Å². The lowest BCUT2D eigenvalue weighted by Crippen LogP contribution is -2.05. The van der Waals surface area contributed by atoms with Gasteiger partial charge in [0.25, 0.3) is 4.96 Å². The summed E-state index contributed by atoms with van der Waals surface area (Å²) in [7, 11) is 0. The standard InChI is InChI=1S/C10H12N4O4S/c15-7(16)3-1-2-4-11-8-9(14(17)18)13-5-6-19-10(13)12-8/h5-6,11H,1-4H2,(H,15,16). The Bertz CT molecular complexity index is 606. The van der Waals surface area contributed by atoms with Crippen molar-refractivity contribution in [2.75, 3.05) is 11.9 Å². The molecule has 0 aromatic carbocycles.